The minimum absolute atomic E-state index is 0.449. The van der Waals surface area contributed by atoms with Crippen LogP contribution in [0.4, 0.5) is 0 Å². The Kier molecular flexibility index (Phi) is 3.97. The van der Waals surface area contributed by atoms with Gasteiger partial charge in [0.2, 0.25) is 0 Å². The van der Waals surface area contributed by atoms with Crippen molar-refractivity contribution >= 4 is 15.9 Å². The van der Waals surface area contributed by atoms with E-state index in [2.05, 4.69) is 41.9 Å². The summed E-state index contributed by atoms with van der Waals surface area (Å²) in [5, 5.41) is 8.88. The molecule has 0 N–H and O–H groups in total. The van der Waals surface area contributed by atoms with E-state index in [4.69, 9.17) is 10.00 Å². The molecule has 1 aromatic rings. The molecule has 0 aliphatic rings. The van der Waals surface area contributed by atoms with Crippen LogP contribution in [0.15, 0.2) is 16.6 Å². The summed E-state index contributed by atoms with van der Waals surface area (Å²) in [7, 11) is 0. The maximum atomic E-state index is 8.88. The molecule has 73 valence electrons. The molecule has 0 aliphatic heterocycles. The second-order valence-electron chi connectivity index (χ2n) is 3.35. The van der Waals surface area contributed by atoms with Crippen molar-refractivity contribution in [3.05, 3.63) is 28.2 Å². The van der Waals surface area contributed by atoms with Crippen molar-refractivity contribution in [3.63, 3.8) is 0 Å². The SMILES string of the molecule is CC(C)COc1cc[c]c(Br)c1C#N. The Hall–Kier alpha value is -1.01. The minimum Gasteiger partial charge on any atom is -0.492 e. The number of benzene rings is 1. The van der Waals surface area contributed by atoms with Crippen molar-refractivity contribution in [2.45, 2.75) is 13.8 Å². The van der Waals surface area contributed by atoms with Gasteiger partial charge in [-0.05, 0) is 40.0 Å². The van der Waals surface area contributed by atoms with Crippen molar-refractivity contribution in [1.82, 2.24) is 0 Å². The summed E-state index contributed by atoms with van der Waals surface area (Å²) >= 11 is 3.26. The van der Waals surface area contributed by atoms with E-state index in [1.165, 1.54) is 0 Å². The highest BCUT2D eigenvalue weighted by atomic mass is 79.9. The zero-order chi connectivity index (χ0) is 10.6. The van der Waals surface area contributed by atoms with Crippen LogP contribution in [0, 0.1) is 23.3 Å². The molecule has 0 spiro atoms. The zero-order valence-corrected chi connectivity index (χ0v) is 9.76. The van der Waals surface area contributed by atoms with Crippen LogP contribution < -0.4 is 4.74 Å². The van der Waals surface area contributed by atoms with Crippen LogP contribution >= 0.6 is 15.9 Å². The van der Waals surface area contributed by atoms with E-state index in [0.29, 0.717) is 28.3 Å². The fraction of sp³-hybridized carbons (Fsp3) is 0.364. The summed E-state index contributed by atoms with van der Waals surface area (Å²) in [5.74, 6) is 1.07. The Morgan fingerprint density at radius 3 is 2.93 bits per heavy atom. The van der Waals surface area contributed by atoms with Crippen LogP contribution in [-0.4, -0.2) is 6.61 Å². The highest BCUT2D eigenvalue weighted by Crippen LogP contribution is 2.25. The summed E-state index contributed by atoms with van der Waals surface area (Å²) in [6.07, 6.45) is 0. The van der Waals surface area contributed by atoms with Gasteiger partial charge in [-0.25, -0.2) is 0 Å². The molecule has 1 aromatic carbocycles. The van der Waals surface area contributed by atoms with Gasteiger partial charge in [-0.15, -0.1) is 0 Å². The largest absolute Gasteiger partial charge is 0.492 e. The van der Waals surface area contributed by atoms with E-state index in [0.717, 1.165) is 0 Å². The van der Waals surface area contributed by atoms with Gasteiger partial charge < -0.3 is 4.74 Å². The van der Waals surface area contributed by atoms with Gasteiger partial charge in [-0.2, -0.15) is 5.26 Å². The van der Waals surface area contributed by atoms with E-state index in [1.807, 2.05) is 0 Å². The monoisotopic (exact) mass is 252 g/mol. The van der Waals surface area contributed by atoms with Crippen molar-refractivity contribution in [2.24, 2.45) is 5.92 Å². The van der Waals surface area contributed by atoms with Crippen LogP contribution in [0.1, 0.15) is 19.4 Å². The summed E-state index contributed by atoms with van der Waals surface area (Å²) < 4.78 is 6.15. The molecule has 14 heavy (non-hydrogen) atoms. The van der Waals surface area contributed by atoms with E-state index in [9.17, 15) is 0 Å². The predicted octanol–water partition coefficient (Wildman–Crippen LogP) is 3.16. The first-order valence-corrected chi connectivity index (χ1v) is 5.17. The van der Waals surface area contributed by atoms with E-state index < -0.39 is 0 Å². The van der Waals surface area contributed by atoms with Gasteiger partial charge in [0, 0.05) is 4.47 Å². The highest BCUT2D eigenvalue weighted by Gasteiger charge is 2.07. The number of ether oxygens (including phenoxy) is 1. The topological polar surface area (TPSA) is 33.0 Å². The first kappa shape index (κ1) is 11.1. The minimum atomic E-state index is 0.449. The Balaban J connectivity index is 2.87. The van der Waals surface area contributed by atoms with Crippen LogP contribution in [0.3, 0.4) is 0 Å². The molecule has 2 nitrogen and oxygen atoms in total. The summed E-state index contributed by atoms with van der Waals surface area (Å²) in [6, 6.07) is 8.47. The van der Waals surface area contributed by atoms with Crippen molar-refractivity contribution in [1.29, 1.82) is 5.26 Å². The fourth-order valence-corrected chi connectivity index (χ4v) is 1.35. The van der Waals surface area contributed by atoms with E-state index >= 15 is 0 Å². The molecule has 0 unspecified atom stereocenters. The lowest BCUT2D eigenvalue weighted by Crippen LogP contribution is -2.05. The molecule has 0 saturated heterocycles. The quantitative estimate of drug-likeness (QED) is 0.828. The van der Waals surface area contributed by atoms with Gasteiger partial charge in [0.1, 0.15) is 17.4 Å². The Morgan fingerprint density at radius 2 is 2.36 bits per heavy atom. The fourth-order valence-electron chi connectivity index (χ4n) is 0.935. The number of hydrogen-bond donors (Lipinski definition) is 0. The Labute approximate surface area is 92.6 Å². The molecule has 0 fully saturated rings. The van der Waals surface area contributed by atoms with Crippen molar-refractivity contribution < 1.29 is 4.74 Å². The van der Waals surface area contributed by atoms with E-state index in [1.54, 1.807) is 12.1 Å². The molecule has 0 amide bonds. The molecule has 0 aromatic heterocycles. The Morgan fingerprint density at radius 1 is 1.64 bits per heavy atom. The lowest BCUT2D eigenvalue weighted by molar-refractivity contribution is 0.270. The van der Waals surface area contributed by atoms with Crippen LogP contribution in [0.25, 0.3) is 0 Å². The van der Waals surface area contributed by atoms with Gasteiger partial charge in [-0.3, -0.25) is 0 Å². The van der Waals surface area contributed by atoms with Gasteiger partial charge in [0.25, 0.3) is 0 Å². The predicted molar refractivity (Wildman–Crippen MR) is 58.0 cm³/mol. The lowest BCUT2D eigenvalue weighted by atomic mass is 10.2. The third kappa shape index (κ3) is 2.74. The first-order chi connectivity index (χ1) is 6.65. The van der Waals surface area contributed by atoms with E-state index in [-0.39, 0.29) is 0 Å². The maximum absolute atomic E-state index is 8.88. The second kappa shape index (κ2) is 5.02. The highest BCUT2D eigenvalue weighted by molar-refractivity contribution is 9.10. The zero-order valence-electron chi connectivity index (χ0n) is 8.17. The smallest absolute Gasteiger partial charge is 0.138 e. The molecule has 1 radical (unpaired) electrons. The average molecular weight is 253 g/mol. The normalized spacial score (nSPS) is 9.93. The van der Waals surface area contributed by atoms with Gasteiger partial charge in [0.15, 0.2) is 0 Å². The van der Waals surface area contributed by atoms with Crippen molar-refractivity contribution in [3.8, 4) is 11.8 Å². The van der Waals surface area contributed by atoms with Crippen LogP contribution in [0.5, 0.6) is 5.75 Å². The molecule has 0 atom stereocenters. The number of halogens is 1. The van der Waals surface area contributed by atoms with Gasteiger partial charge in [-0.1, -0.05) is 13.8 Å². The number of nitrogens with zero attached hydrogens (tertiary/aromatic N) is 1. The van der Waals surface area contributed by atoms with Gasteiger partial charge in [0.05, 0.1) is 6.61 Å². The molecular weight excluding hydrogens is 242 g/mol. The lowest BCUT2D eigenvalue weighted by Gasteiger charge is -2.10. The Bertz CT molecular complexity index is 355. The number of hydrogen-bond acceptors (Lipinski definition) is 2. The van der Waals surface area contributed by atoms with Crippen molar-refractivity contribution in [2.75, 3.05) is 6.61 Å². The molecule has 1 rings (SSSR count). The third-order valence-electron chi connectivity index (χ3n) is 1.59. The van der Waals surface area contributed by atoms with Crippen LogP contribution in [0.2, 0.25) is 0 Å². The van der Waals surface area contributed by atoms with Gasteiger partial charge >= 0.3 is 0 Å². The second-order valence-corrected chi connectivity index (χ2v) is 4.14. The molecule has 0 bridgehead atoms. The standard InChI is InChI=1S/C11H11BrNO/c1-8(2)7-14-11-5-3-4-10(12)9(11)6-13/h3,5,8H,7H2,1-2H3. The summed E-state index contributed by atoms with van der Waals surface area (Å²) in [5.41, 5.74) is 0.508. The molecular formula is C11H11BrNO. The number of rotatable bonds is 3. The summed E-state index contributed by atoms with van der Waals surface area (Å²) in [4.78, 5) is 0. The molecule has 0 aliphatic carbocycles. The maximum Gasteiger partial charge on any atom is 0.138 e. The molecule has 0 heterocycles. The van der Waals surface area contributed by atoms with Crippen LogP contribution in [-0.2, 0) is 0 Å². The third-order valence-corrected chi connectivity index (χ3v) is 2.22. The molecule has 0 saturated carbocycles. The first-order valence-electron chi connectivity index (χ1n) is 4.38. The average Bonchev–Trinajstić information content (AvgIpc) is 2.14. The number of nitriles is 1. The molecule has 3 heteroatoms. The summed E-state index contributed by atoms with van der Waals surface area (Å²) in [6.45, 7) is 4.75.